The second-order valence-corrected chi connectivity index (χ2v) is 6.69. The molecule has 1 saturated heterocycles. The van der Waals surface area contributed by atoms with Crippen LogP contribution in [0.1, 0.15) is 38.7 Å². The normalized spacial score (nSPS) is 16.4. The molecular weight excluding hydrogens is 328 g/mol. The Kier molecular flexibility index (Phi) is 7.75. The number of ether oxygens (including phenoxy) is 1. The van der Waals surface area contributed by atoms with E-state index in [1.165, 1.54) is 5.56 Å². The minimum Gasteiger partial charge on any atom is -0.497 e. The highest BCUT2D eigenvalue weighted by molar-refractivity contribution is 5.80. The maximum Gasteiger partial charge on any atom is 0.219 e. The summed E-state index contributed by atoms with van der Waals surface area (Å²) in [5.41, 5.74) is 1.31. The van der Waals surface area contributed by atoms with E-state index in [-0.39, 0.29) is 5.91 Å². The van der Waals surface area contributed by atoms with E-state index in [1.54, 1.807) is 14.0 Å². The van der Waals surface area contributed by atoms with E-state index in [9.17, 15) is 4.79 Å². The van der Waals surface area contributed by atoms with Crippen LogP contribution in [0.4, 0.5) is 0 Å². The highest BCUT2D eigenvalue weighted by Gasteiger charge is 2.20. The summed E-state index contributed by atoms with van der Waals surface area (Å²) in [6.07, 6.45) is 0.995. The molecule has 1 N–H and O–H groups in total. The van der Waals surface area contributed by atoms with Gasteiger partial charge in [-0.3, -0.25) is 9.79 Å². The molecule has 1 atom stereocenters. The third kappa shape index (κ3) is 5.64. The molecule has 1 aliphatic rings. The number of amides is 1. The number of carbonyl (C=O) groups is 1. The molecule has 0 saturated carbocycles. The third-order valence-corrected chi connectivity index (χ3v) is 4.87. The Morgan fingerprint density at radius 1 is 1.19 bits per heavy atom. The standard InChI is InChI=1S/C20H32N4O2/c1-5-21-20(24-14-12-23(13-15-24)17(3)25)22-11-10-16(2)18-6-8-19(26-4)9-7-18/h6-9,16H,5,10-15H2,1-4H3,(H,21,22). The second-order valence-electron chi connectivity index (χ2n) is 6.69. The molecule has 1 aromatic rings. The van der Waals surface area contributed by atoms with Crippen LogP contribution >= 0.6 is 0 Å². The summed E-state index contributed by atoms with van der Waals surface area (Å²) in [6, 6.07) is 8.26. The number of methoxy groups -OCH3 is 1. The van der Waals surface area contributed by atoms with Crippen molar-refractivity contribution in [3.05, 3.63) is 29.8 Å². The molecule has 1 heterocycles. The van der Waals surface area contributed by atoms with Crippen molar-refractivity contribution in [2.75, 3.05) is 46.4 Å². The third-order valence-electron chi connectivity index (χ3n) is 4.87. The average molecular weight is 361 g/mol. The predicted octanol–water partition coefficient (Wildman–Crippen LogP) is 2.32. The number of piperazine rings is 1. The Bertz CT molecular complexity index is 592. The van der Waals surface area contributed by atoms with Crippen LogP contribution < -0.4 is 10.1 Å². The average Bonchev–Trinajstić information content (AvgIpc) is 2.67. The van der Waals surface area contributed by atoms with Crippen molar-refractivity contribution in [1.82, 2.24) is 15.1 Å². The zero-order valence-corrected chi connectivity index (χ0v) is 16.5. The van der Waals surface area contributed by atoms with Crippen LogP contribution in [0.25, 0.3) is 0 Å². The lowest BCUT2D eigenvalue weighted by Gasteiger charge is -2.36. The van der Waals surface area contributed by atoms with Gasteiger partial charge in [0.05, 0.1) is 7.11 Å². The molecule has 0 bridgehead atoms. The number of hydrogen-bond donors (Lipinski definition) is 1. The monoisotopic (exact) mass is 360 g/mol. The molecule has 1 aliphatic heterocycles. The summed E-state index contributed by atoms with van der Waals surface area (Å²) in [4.78, 5) is 20.4. The lowest BCUT2D eigenvalue weighted by molar-refractivity contribution is -0.130. The first kappa shape index (κ1) is 20.1. The minimum atomic E-state index is 0.153. The van der Waals surface area contributed by atoms with Gasteiger partial charge in [-0.2, -0.15) is 0 Å². The number of benzene rings is 1. The van der Waals surface area contributed by atoms with Crippen molar-refractivity contribution in [1.29, 1.82) is 0 Å². The summed E-state index contributed by atoms with van der Waals surface area (Å²) in [7, 11) is 1.69. The van der Waals surface area contributed by atoms with Crippen LogP contribution in [0, 0.1) is 0 Å². The fourth-order valence-corrected chi connectivity index (χ4v) is 3.12. The van der Waals surface area contributed by atoms with Gasteiger partial charge in [0, 0.05) is 46.2 Å². The molecule has 1 fully saturated rings. The van der Waals surface area contributed by atoms with Gasteiger partial charge in [0.25, 0.3) is 0 Å². The molecule has 2 rings (SSSR count). The Hall–Kier alpha value is -2.24. The lowest BCUT2D eigenvalue weighted by atomic mass is 9.98. The molecule has 144 valence electrons. The van der Waals surface area contributed by atoms with E-state index in [1.807, 2.05) is 17.0 Å². The first-order chi connectivity index (χ1) is 12.5. The van der Waals surface area contributed by atoms with Crippen LogP contribution in [0.3, 0.4) is 0 Å². The molecule has 1 unspecified atom stereocenters. The Balaban J connectivity index is 1.88. The van der Waals surface area contributed by atoms with Crippen molar-refractivity contribution >= 4 is 11.9 Å². The summed E-state index contributed by atoms with van der Waals surface area (Å²) < 4.78 is 5.22. The quantitative estimate of drug-likeness (QED) is 0.625. The van der Waals surface area contributed by atoms with Gasteiger partial charge in [0.1, 0.15) is 5.75 Å². The maximum absolute atomic E-state index is 11.5. The Morgan fingerprint density at radius 2 is 1.81 bits per heavy atom. The highest BCUT2D eigenvalue weighted by atomic mass is 16.5. The Morgan fingerprint density at radius 3 is 2.35 bits per heavy atom. The molecule has 26 heavy (non-hydrogen) atoms. The molecule has 6 heteroatoms. The first-order valence-electron chi connectivity index (χ1n) is 9.47. The minimum absolute atomic E-state index is 0.153. The van der Waals surface area contributed by atoms with E-state index < -0.39 is 0 Å². The van der Waals surface area contributed by atoms with Gasteiger partial charge >= 0.3 is 0 Å². The molecule has 0 spiro atoms. The van der Waals surface area contributed by atoms with Gasteiger partial charge in [-0.1, -0.05) is 19.1 Å². The smallest absolute Gasteiger partial charge is 0.219 e. The number of hydrogen-bond acceptors (Lipinski definition) is 3. The lowest BCUT2D eigenvalue weighted by Crippen LogP contribution is -2.53. The molecule has 1 amide bonds. The number of carbonyl (C=O) groups excluding carboxylic acids is 1. The predicted molar refractivity (Wildman–Crippen MR) is 106 cm³/mol. The molecular formula is C20H32N4O2. The van der Waals surface area contributed by atoms with Crippen LogP contribution in [-0.2, 0) is 4.79 Å². The van der Waals surface area contributed by atoms with Gasteiger partial charge in [0.15, 0.2) is 5.96 Å². The van der Waals surface area contributed by atoms with Crippen LogP contribution in [0.15, 0.2) is 29.3 Å². The van der Waals surface area contributed by atoms with E-state index in [2.05, 4.69) is 36.2 Å². The molecule has 0 radical (unpaired) electrons. The molecule has 6 nitrogen and oxygen atoms in total. The summed E-state index contributed by atoms with van der Waals surface area (Å²) in [5.74, 6) is 2.44. The van der Waals surface area contributed by atoms with E-state index in [0.717, 1.165) is 57.4 Å². The number of rotatable bonds is 6. The summed E-state index contributed by atoms with van der Waals surface area (Å²) in [6.45, 7) is 10.8. The summed E-state index contributed by atoms with van der Waals surface area (Å²) >= 11 is 0. The highest BCUT2D eigenvalue weighted by Crippen LogP contribution is 2.21. The van der Waals surface area contributed by atoms with Crippen LogP contribution in [0.5, 0.6) is 5.75 Å². The molecule has 1 aromatic carbocycles. The van der Waals surface area contributed by atoms with E-state index >= 15 is 0 Å². The van der Waals surface area contributed by atoms with Gasteiger partial charge in [-0.15, -0.1) is 0 Å². The van der Waals surface area contributed by atoms with Crippen molar-refractivity contribution in [2.45, 2.75) is 33.1 Å². The van der Waals surface area contributed by atoms with Crippen molar-refractivity contribution in [2.24, 2.45) is 4.99 Å². The number of nitrogens with one attached hydrogen (secondary N) is 1. The fraction of sp³-hybridized carbons (Fsp3) is 0.600. The zero-order chi connectivity index (χ0) is 18.9. The Labute approximate surface area is 157 Å². The van der Waals surface area contributed by atoms with Crippen molar-refractivity contribution in [3.8, 4) is 5.75 Å². The molecule has 0 aromatic heterocycles. The SMILES string of the molecule is CCNC(=NCCC(C)c1ccc(OC)cc1)N1CCN(C(C)=O)CC1. The van der Waals surface area contributed by atoms with Gasteiger partial charge in [-0.25, -0.2) is 0 Å². The number of aliphatic imine (C=N–C) groups is 1. The maximum atomic E-state index is 11.5. The van der Waals surface area contributed by atoms with Gasteiger partial charge < -0.3 is 19.9 Å². The second kappa shape index (κ2) is 10.0. The van der Waals surface area contributed by atoms with E-state index in [0.29, 0.717) is 5.92 Å². The van der Waals surface area contributed by atoms with Gasteiger partial charge in [0.2, 0.25) is 5.91 Å². The van der Waals surface area contributed by atoms with Crippen LogP contribution in [-0.4, -0.2) is 68.0 Å². The summed E-state index contributed by atoms with van der Waals surface area (Å²) in [5, 5.41) is 3.38. The van der Waals surface area contributed by atoms with E-state index in [4.69, 9.17) is 9.73 Å². The van der Waals surface area contributed by atoms with Crippen molar-refractivity contribution in [3.63, 3.8) is 0 Å². The molecule has 0 aliphatic carbocycles. The van der Waals surface area contributed by atoms with Crippen molar-refractivity contribution < 1.29 is 9.53 Å². The first-order valence-corrected chi connectivity index (χ1v) is 9.47. The number of nitrogens with zero attached hydrogens (tertiary/aromatic N) is 3. The van der Waals surface area contributed by atoms with Crippen LogP contribution in [0.2, 0.25) is 0 Å². The number of guanidine groups is 1. The topological polar surface area (TPSA) is 57.2 Å². The largest absolute Gasteiger partial charge is 0.497 e. The zero-order valence-electron chi connectivity index (χ0n) is 16.5. The van der Waals surface area contributed by atoms with Gasteiger partial charge in [-0.05, 0) is 37.0 Å². The fourth-order valence-electron chi connectivity index (χ4n) is 3.12.